The van der Waals surface area contributed by atoms with Gasteiger partial charge in [0.15, 0.2) is 5.52 Å². The maximum Gasteiger partial charge on any atom is 0.276 e. The van der Waals surface area contributed by atoms with Crippen LogP contribution in [-0.2, 0) is 6.42 Å². The van der Waals surface area contributed by atoms with E-state index in [2.05, 4.69) is 25.9 Å². The number of aromatic nitrogens is 3. The fourth-order valence-corrected chi connectivity index (χ4v) is 4.06. The monoisotopic (exact) mass is 386 g/mol. The third-order valence-electron chi connectivity index (χ3n) is 5.14. The molecule has 6 nitrogen and oxygen atoms in total. The molecule has 0 amide bonds. The summed E-state index contributed by atoms with van der Waals surface area (Å²) in [6.45, 7) is 3.49. The number of pyridine rings is 1. The number of hydrogen-bond acceptors (Lipinski definition) is 4. The predicted molar refractivity (Wildman–Crippen MR) is 107 cm³/mol. The highest BCUT2D eigenvalue weighted by molar-refractivity contribution is 6.32. The maximum atomic E-state index is 11.9. The minimum atomic E-state index is -0.138. The zero-order valence-corrected chi connectivity index (χ0v) is 16.0. The molecule has 1 fully saturated rings. The third-order valence-corrected chi connectivity index (χ3v) is 5.45. The van der Waals surface area contributed by atoms with Crippen LogP contribution in [0.1, 0.15) is 31.4 Å². The molecule has 1 aliphatic heterocycles. The fraction of sp³-hybridized carbons (Fsp3) is 0.400. The summed E-state index contributed by atoms with van der Waals surface area (Å²) in [4.78, 5) is 18.9. The molecule has 7 heteroatoms. The van der Waals surface area contributed by atoms with E-state index in [1.165, 1.54) is 5.56 Å². The molecule has 2 unspecified atom stereocenters. The topological polar surface area (TPSA) is 71.9 Å². The van der Waals surface area contributed by atoms with Crippen molar-refractivity contribution in [3.05, 3.63) is 57.7 Å². The minimum Gasteiger partial charge on any atom is -0.492 e. The molecule has 3 heterocycles. The SMILES string of the molecule is CCOc1cc(CC2CC(n3cnc4c(=O)[nH]ccc43)CCN2)ccc1Cl. The molecule has 3 aromatic rings. The van der Waals surface area contributed by atoms with Crippen LogP contribution in [0.4, 0.5) is 0 Å². The Bertz CT molecular complexity index is 997. The molecule has 0 aliphatic carbocycles. The average Bonchev–Trinajstić information content (AvgIpc) is 3.10. The van der Waals surface area contributed by atoms with Crippen molar-refractivity contribution in [2.24, 2.45) is 0 Å². The summed E-state index contributed by atoms with van der Waals surface area (Å²) in [6.07, 6.45) is 6.37. The van der Waals surface area contributed by atoms with Crippen molar-refractivity contribution < 1.29 is 4.74 Å². The van der Waals surface area contributed by atoms with Crippen molar-refractivity contribution in [3.63, 3.8) is 0 Å². The molecule has 142 valence electrons. The second-order valence-electron chi connectivity index (χ2n) is 6.92. The molecule has 4 rings (SSSR count). The average molecular weight is 387 g/mol. The van der Waals surface area contributed by atoms with Crippen molar-refractivity contribution in [2.75, 3.05) is 13.2 Å². The van der Waals surface area contributed by atoms with Gasteiger partial charge in [-0.2, -0.15) is 0 Å². The molecular formula is C20H23ClN4O2. The van der Waals surface area contributed by atoms with E-state index in [0.29, 0.717) is 29.2 Å². The Labute approximate surface area is 162 Å². The lowest BCUT2D eigenvalue weighted by Crippen LogP contribution is -2.40. The van der Waals surface area contributed by atoms with Crippen molar-refractivity contribution in [1.82, 2.24) is 19.9 Å². The first-order valence-electron chi connectivity index (χ1n) is 9.34. The number of H-pyrrole nitrogens is 1. The highest BCUT2D eigenvalue weighted by Crippen LogP contribution is 2.29. The number of halogens is 1. The lowest BCUT2D eigenvalue weighted by Gasteiger charge is -2.31. The summed E-state index contributed by atoms with van der Waals surface area (Å²) in [5.41, 5.74) is 2.47. The maximum absolute atomic E-state index is 11.9. The molecule has 1 aliphatic rings. The summed E-state index contributed by atoms with van der Waals surface area (Å²) >= 11 is 6.20. The predicted octanol–water partition coefficient (Wildman–Crippen LogP) is 3.31. The van der Waals surface area contributed by atoms with E-state index in [9.17, 15) is 4.79 Å². The van der Waals surface area contributed by atoms with Gasteiger partial charge in [0.2, 0.25) is 0 Å². The Hall–Kier alpha value is -2.31. The number of fused-ring (bicyclic) bond motifs is 1. The van der Waals surface area contributed by atoms with Gasteiger partial charge in [-0.05, 0) is 56.5 Å². The van der Waals surface area contributed by atoms with E-state index in [-0.39, 0.29) is 5.56 Å². The second-order valence-corrected chi connectivity index (χ2v) is 7.33. The smallest absolute Gasteiger partial charge is 0.276 e. The molecule has 0 bridgehead atoms. The standard InChI is InChI=1S/C20H23ClN4O2/c1-2-27-18-10-13(3-4-16(18)21)9-14-11-15(5-7-22-14)25-12-24-19-17(25)6-8-23-20(19)26/h3-4,6,8,10,12,14-15,22H,2,5,7,9,11H2,1H3,(H,23,26). The quantitative estimate of drug-likeness (QED) is 0.705. The first-order chi connectivity index (χ1) is 13.2. The number of piperidine rings is 1. The van der Waals surface area contributed by atoms with Gasteiger partial charge >= 0.3 is 0 Å². The Kier molecular flexibility index (Phi) is 5.18. The van der Waals surface area contributed by atoms with E-state index in [0.717, 1.165) is 37.1 Å². The summed E-state index contributed by atoms with van der Waals surface area (Å²) in [7, 11) is 0. The van der Waals surface area contributed by atoms with Gasteiger partial charge in [-0.15, -0.1) is 0 Å². The summed E-state index contributed by atoms with van der Waals surface area (Å²) in [5.74, 6) is 0.740. The van der Waals surface area contributed by atoms with Gasteiger partial charge in [-0.1, -0.05) is 17.7 Å². The van der Waals surface area contributed by atoms with Crippen LogP contribution in [0.15, 0.2) is 41.6 Å². The molecule has 2 N–H and O–H groups in total. The lowest BCUT2D eigenvalue weighted by atomic mass is 9.94. The van der Waals surface area contributed by atoms with Crippen LogP contribution in [0.25, 0.3) is 11.0 Å². The van der Waals surface area contributed by atoms with Gasteiger partial charge in [0.05, 0.1) is 23.5 Å². The first kappa shape index (κ1) is 18.1. The number of nitrogens with zero attached hydrogens (tertiary/aromatic N) is 2. The largest absolute Gasteiger partial charge is 0.492 e. The van der Waals surface area contributed by atoms with Crippen molar-refractivity contribution >= 4 is 22.6 Å². The molecule has 27 heavy (non-hydrogen) atoms. The minimum absolute atomic E-state index is 0.138. The summed E-state index contributed by atoms with van der Waals surface area (Å²) in [6, 6.07) is 8.58. The number of hydrogen-bond donors (Lipinski definition) is 2. The number of nitrogens with one attached hydrogen (secondary N) is 2. The summed E-state index contributed by atoms with van der Waals surface area (Å²) < 4.78 is 7.75. The Balaban J connectivity index is 1.52. The molecule has 0 spiro atoms. The number of imidazole rings is 1. The van der Waals surface area contributed by atoms with Crippen molar-refractivity contribution in [3.8, 4) is 5.75 Å². The Morgan fingerprint density at radius 3 is 3.11 bits per heavy atom. The first-order valence-corrected chi connectivity index (χ1v) is 9.72. The van der Waals surface area contributed by atoms with E-state index >= 15 is 0 Å². The van der Waals surface area contributed by atoms with E-state index in [1.807, 2.05) is 25.1 Å². The number of rotatable bonds is 5. The third kappa shape index (κ3) is 3.73. The van der Waals surface area contributed by atoms with Crippen LogP contribution in [-0.4, -0.2) is 33.7 Å². The van der Waals surface area contributed by atoms with Crippen LogP contribution in [0.3, 0.4) is 0 Å². The zero-order valence-electron chi connectivity index (χ0n) is 15.2. The van der Waals surface area contributed by atoms with Gasteiger partial charge in [0.1, 0.15) is 5.75 Å². The molecule has 2 atom stereocenters. The highest BCUT2D eigenvalue weighted by Gasteiger charge is 2.24. The molecule has 2 aromatic heterocycles. The highest BCUT2D eigenvalue weighted by atomic mass is 35.5. The van der Waals surface area contributed by atoms with E-state index in [4.69, 9.17) is 16.3 Å². The number of ether oxygens (including phenoxy) is 1. The molecule has 1 aromatic carbocycles. The van der Waals surface area contributed by atoms with Crippen LogP contribution < -0.4 is 15.6 Å². The molecule has 1 saturated heterocycles. The van der Waals surface area contributed by atoms with Crippen molar-refractivity contribution in [2.45, 2.75) is 38.3 Å². The van der Waals surface area contributed by atoms with Gasteiger partial charge in [0.25, 0.3) is 5.56 Å². The van der Waals surface area contributed by atoms with Crippen LogP contribution in [0.2, 0.25) is 5.02 Å². The van der Waals surface area contributed by atoms with E-state index < -0.39 is 0 Å². The normalized spacial score (nSPS) is 20.1. The van der Waals surface area contributed by atoms with E-state index in [1.54, 1.807) is 12.5 Å². The van der Waals surface area contributed by atoms with Crippen molar-refractivity contribution in [1.29, 1.82) is 0 Å². The molecule has 0 radical (unpaired) electrons. The second kappa shape index (κ2) is 7.74. The van der Waals surface area contributed by atoms with Crippen LogP contribution in [0, 0.1) is 0 Å². The molecule has 0 saturated carbocycles. The van der Waals surface area contributed by atoms with Gasteiger partial charge in [-0.3, -0.25) is 4.79 Å². The van der Waals surface area contributed by atoms with Crippen LogP contribution >= 0.6 is 11.6 Å². The van der Waals surface area contributed by atoms with Gasteiger partial charge < -0.3 is 19.6 Å². The summed E-state index contributed by atoms with van der Waals surface area (Å²) in [5, 5.41) is 4.25. The van der Waals surface area contributed by atoms with Gasteiger partial charge in [0, 0.05) is 18.3 Å². The van der Waals surface area contributed by atoms with Gasteiger partial charge in [-0.25, -0.2) is 4.98 Å². The Morgan fingerprint density at radius 2 is 2.26 bits per heavy atom. The number of benzene rings is 1. The number of aromatic amines is 1. The fourth-order valence-electron chi connectivity index (χ4n) is 3.88. The zero-order chi connectivity index (χ0) is 18.8. The lowest BCUT2D eigenvalue weighted by molar-refractivity contribution is 0.303. The molecular weight excluding hydrogens is 364 g/mol. The van der Waals surface area contributed by atoms with Crippen LogP contribution in [0.5, 0.6) is 5.75 Å². The Morgan fingerprint density at radius 1 is 1.37 bits per heavy atom.